The molecule has 3 aromatic heterocycles. The van der Waals surface area contributed by atoms with Gasteiger partial charge in [0, 0.05) is 47.4 Å². The Labute approximate surface area is 161 Å². The molecule has 1 aliphatic heterocycles. The monoisotopic (exact) mass is 377 g/mol. The Morgan fingerprint density at radius 1 is 1.15 bits per heavy atom. The molecule has 3 nitrogen and oxygen atoms in total. The van der Waals surface area contributed by atoms with E-state index in [4.69, 9.17) is 4.98 Å². The van der Waals surface area contributed by atoms with E-state index in [1.807, 2.05) is 17.5 Å². The maximum atomic E-state index is 4.82. The fourth-order valence-corrected chi connectivity index (χ4v) is 5.53. The lowest BCUT2D eigenvalue weighted by molar-refractivity contribution is 0.245. The number of fused-ring (bicyclic) bond motifs is 2. The van der Waals surface area contributed by atoms with E-state index in [1.54, 1.807) is 11.3 Å². The van der Waals surface area contributed by atoms with Crippen LogP contribution in [0.1, 0.15) is 21.7 Å². The van der Waals surface area contributed by atoms with Gasteiger partial charge in [0.05, 0.1) is 10.6 Å². The van der Waals surface area contributed by atoms with E-state index in [0.29, 0.717) is 0 Å². The lowest BCUT2D eigenvalue weighted by Gasteiger charge is -2.27. The Hall–Kier alpha value is -2.08. The van der Waals surface area contributed by atoms with Gasteiger partial charge in [-0.05, 0) is 35.4 Å². The highest BCUT2D eigenvalue weighted by molar-refractivity contribution is 7.19. The molecule has 5 rings (SSSR count). The minimum absolute atomic E-state index is 0.868. The van der Waals surface area contributed by atoms with Crippen LogP contribution in [-0.2, 0) is 19.5 Å². The third-order valence-electron chi connectivity index (χ3n) is 5.06. The fourth-order valence-electron chi connectivity index (χ4n) is 3.61. The van der Waals surface area contributed by atoms with Gasteiger partial charge in [-0.25, -0.2) is 9.97 Å². The van der Waals surface area contributed by atoms with Crippen molar-refractivity contribution in [2.45, 2.75) is 26.4 Å². The van der Waals surface area contributed by atoms with Crippen LogP contribution in [0.3, 0.4) is 0 Å². The maximum Gasteiger partial charge on any atom is 0.169 e. The first-order valence-electron chi connectivity index (χ1n) is 8.86. The van der Waals surface area contributed by atoms with Crippen molar-refractivity contribution in [2.75, 3.05) is 6.54 Å². The molecule has 0 amide bonds. The number of aromatic nitrogens is 2. The number of aryl methyl sites for hydroxylation is 1. The van der Waals surface area contributed by atoms with E-state index in [-0.39, 0.29) is 0 Å². The van der Waals surface area contributed by atoms with Gasteiger partial charge in [0.1, 0.15) is 0 Å². The van der Waals surface area contributed by atoms with Gasteiger partial charge < -0.3 is 0 Å². The molecule has 1 aliphatic rings. The minimum Gasteiger partial charge on any atom is -0.293 e. The molecule has 26 heavy (non-hydrogen) atoms. The van der Waals surface area contributed by atoms with Gasteiger partial charge in [0.2, 0.25) is 0 Å². The highest BCUT2D eigenvalue weighted by atomic mass is 32.1. The zero-order chi connectivity index (χ0) is 17.5. The first-order chi connectivity index (χ1) is 12.8. The molecule has 0 atom stereocenters. The average Bonchev–Trinajstić information content (AvgIpc) is 3.31. The lowest BCUT2D eigenvalue weighted by Crippen LogP contribution is -2.30. The number of rotatable bonds is 3. The second-order valence-electron chi connectivity index (χ2n) is 6.75. The summed E-state index contributed by atoms with van der Waals surface area (Å²) in [6.07, 6.45) is 3.03. The average molecular weight is 378 g/mol. The topological polar surface area (TPSA) is 29.0 Å². The van der Waals surface area contributed by atoms with Crippen LogP contribution in [0.15, 0.2) is 48.0 Å². The first kappa shape index (κ1) is 16.1. The van der Waals surface area contributed by atoms with Crippen molar-refractivity contribution in [3.8, 4) is 10.7 Å². The van der Waals surface area contributed by atoms with Crippen molar-refractivity contribution in [3.63, 3.8) is 0 Å². The Balaban J connectivity index is 1.38. The van der Waals surface area contributed by atoms with Gasteiger partial charge in [-0.2, -0.15) is 0 Å². The first-order valence-corrected chi connectivity index (χ1v) is 10.6. The van der Waals surface area contributed by atoms with Gasteiger partial charge >= 0.3 is 0 Å². The summed E-state index contributed by atoms with van der Waals surface area (Å²) in [6.45, 7) is 5.26. The van der Waals surface area contributed by atoms with E-state index < -0.39 is 0 Å². The van der Waals surface area contributed by atoms with Crippen LogP contribution in [0, 0.1) is 6.92 Å². The number of thiophene rings is 2. The summed E-state index contributed by atoms with van der Waals surface area (Å²) in [6, 6.07) is 12.9. The molecule has 0 spiro atoms. The van der Waals surface area contributed by atoms with Crippen LogP contribution in [0.4, 0.5) is 0 Å². The molecule has 5 heteroatoms. The van der Waals surface area contributed by atoms with Crippen molar-refractivity contribution in [1.82, 2.24) is 14.9 Å². The van der Waals surface area contributed by atoms with Gasteiger partial charge in [-0.3, -0.25) is 4.90 Å². The molecule has 0 N–H and O–H groups in total. The molecule has 1 aromatic carbocycles. The second kappa shape index (κ2) is 6.58. The molecule has 0 unspecified atom stereocenters. The standard InChI is InChI=1S/C21H19N3S2/c1-14-16-5-2-3-6-18(16)26-20(14)13-24-9-8-17-15(12-24)11-22-21(23-17)19-7-4-10-25-19/h2-7,10-11H,8-9,12-13H2,1H3. The zero-order valence-electron chi connectivity index (χ0n) is 14.6. The van der Waals surface area contributed by atoms with Gasteiger partial charge in [-0.15, -0.1) is 22.7 Å². The predicted octanol–water partition coefficient (Wildman–Crippen LogP) is 5.29. The quantitative estimate of drug-likeness (QED) is 0.486. The van der Waals surface area contributed by atoms with E-state index in [9.17, 15) is 0 Å². The normalized spacial score (nSPS) is 14.7. The third kappa shape index (κ3) is 2.86. The molecule has 0 radical (unpaired) electrons. The molecular formula is C21H19N3S2. The summed E-state index contributed by atoms with van der Waals surface area (Å²) in [4.78, 5) is 14.6. The molecule has 0 bridgehead atoms. The van der Waals surface area contributed by atoms with Gasteiger partial charge in [-0.1, -0.05) is 24.3 Å². The number of nitrogens with zero attached hydrogens (tertiary/aromatic N) is 3. The Morgan fingerprint density at radius 3 is 2.92 bits per heavy atom. The van der Waals surface area contributed by atoms with Gasteiger partial charge in [0.25, 0.3) is 0 Å². The Kier molecular flexibility index (Phi) is 4.08. The molecule has 0 fully saturated rings. The van der Waals surface area contributed by atoms with E-state index in [1.165, 1.54) is 31.8 Å². The van der Waals surface area contributed by atoms with Crippen LogP contribution in [-0.4, -0.2) is 21.4 Å². The van der Waals surface area contributed by atoms with Crippen molar-refractivity contribution < 1.29 is 0 Å². The summed E-state index contributed by atoms with van der Waals surface area (Å²) in [5.41, 5.74) is 3.92. The largest absolute Gasteiger partial charge is 0.293 e. The van der Waals surface area contributed by atoms with Crippen LogP contribution >= 0.6 is 22.7 Å². The smallest absolute Gasteiger partial charge is 0.169 e. The fraction of sp³-hybridized carbons (Fsp3) is 0.238. The molecule has 0 saturated heterocycles. The van der Waals surface area contributed by atoms with E-state index >= 15 is 0 Å². The number of benzene rings is 1. The van der Waals surface area contributed by atoms with E-state index in [0.717, 1.165) is 36.8 Å². The molecule has 130 valence electrons. The highest BCUT2D eigenvalue weighted by Gasteiger charge is 2.20. The molecule has 0 saturated carbocycles. The summed E-state index contributed by atoms with van der Waals surface area (Å²) in [5, 5.41) is 3.47. The molecule has 4 aromatic rings. The van der Waals surface area contributed by atoms with Gasteiger partial charge in [0.15, 0.2) is 5.82 Å². The number of hydrogen-bond acceptors (Lipinski definition) is 5. The minimum atomic E-state index is 0.868. The summed E-state index contributed by atoms with van der Waals surface area (Å²) in [5.74, 6) is 0.868. The second-order valence-corrected chi connectivity index (χ2v) is 8.83. The van der Waals surface area contributed by atoms with Crippen LogP contribution in [0.25, 0.3) is 20.8 Å². The molecule has 0 aliphatic carbocycles. The molecule has 4 heterocycles. The summed E-state index contributed by atoms with van der Waals surface area (Å²) < 4.78 is 1.39. The SMILES string of the molecule is Cc1c(CN2CCc3nc(-c4cccs4)ncc3C2)sc2ccccc12. The van der Waals surface area contributed by atoms with Crippen molar-refractivity contribution in [1.29, 1.82) is 0 Å². The van der Waals surface area contributed by atoms with Crippen LogP contribution in [0.2, 0.25) is 0 Å². The Bertz CT molecular complexity index is 1070. The zero-order valence-corrected chi connectivity index (χ0v) is 16.2. The predicted molar refractivity (Wildman–Crippen MR) is 110 cm³/mol. The van der Waals surface area contributed by atoms with Crippen molar-refractivity contribution in [3.05, 3.63) is 69.7 Å². The maximum absolute atomic E-state index is 4.82. The highest BCUT2D eigenvalue weighted by Crippen LogP contribution is 2.32. The Morgan fingerprint density at radius 2 is 2.08 bits per heavy atom. The van der Waals surface area contributed by atoms with Crippen LogP contribution < -0.4 is 0 Å². The van der Waals surface area contributed by atoms with Crippen LogP contribution in [0.5, 0.6) is 0 Å². The van der Waals surface area contributed by atoms with Crippen molar-refractivity contribution >= 4 is 32.8 Å². The molecular weight excluding hydrogens is 358 g/mol. The van der Waals surface area contributed by atoms with E-state index in [2.05, 4.69) is 58.6 Å². The number of hydrogen-bond donors (Lipinski definition) is 0. The summed E-state index contributed by atoms with van der Waals surface area (Å²) in [7, 11) is 0. The lowest BCUT2D eigenvalue weighted by atomic mass is 10.1. The van der Waals surface area contributed by atoms with Crippen molar-refractivity contribution in [2.24, 2.45) is 0 Å². The third-order valence-corrected chi connectivity index (χ3v) is 7.19. The summed E-state index contributed by atoms with van der Waals surface area (Å²) >= 11 is 3.63.